The predicted molar refractivity (Wildman–Crippen MR) is 103 cm³/mol. The number of piperazine rings is 1. The molecule has 2 aromatic rings. The van der Waals surface area contributed by atoms with E-state index in [0.29, 0.717) is 12.1 Å². The second-order valence-corrected chi connectivity index (χ2v) is 7.39. The summed E-state index contributed by atoms with van der Waals surface area (Å²) in [7, 11) is 0. The molecule has 1 fully saturated rings. The van der Waals surface area contributed by atoms with Crippen LogP contribution in [0.1, 0.15) is 19.5 Å². The summed E-state index contributed by atoms with van der Waals surface area (Å²) in [6, 6.07) is 9.03. The van der Waals surface area contributed by atoms with Gasteiger partial charge in [0.2, 0.25) is 0 Å². The summed E-state index contributed by atoms with van der Waals surface area (Å²) < 4.78 is 13.7. The zero-order valence-electron chi connectivity index (χ0n) is 15.7. The van der Waals surface area contributed by atoms with Crippen LogP contribution in [-0.4, -0.2) is 64.6 Å². The fourth-order valence-electron chi connectivity index (χ4n) is 3.33. The third kappa shape index (κ3) is 4.99. The molecule has 5 nitrogen and oxygen atoms in total. The van der Waals surface area contributed by atoms with Crippen LogP contribution in [0.5, 0.6) is 0 Å². The van der Waals surface area contributed by atoms with Crippen LogP contribution < -0.4 is 5.32 Å². The van der Waals surface area contributed by atoms with Gasteiger partial charge in [0.15, 0.2) is 0 Å². The highest BCUT2D eigenvalue weighted by molar-refractivity contribution is 5.33. The van der Waals surface area contributed by atoms with Crippen LogP contribution in [0.3, 0.4) is 0 Å². The van der Waals surface area contributed by atoms with E-state index in [-0.39, 0.29) is 11.4 Å². The third-order valence-electron chi connectivity index (χ3n) is 5.09. The Morgan fingerprint density at radius 1 is 1.04 bits per heavy atom. The molecule has 3 heterocycles. The molecule has 26 heavy (non-hydrogen) atoms. The molecule has 1 N–H and O–H groups in total. The zero-order chi connectivity index (χ0) is 18.4. The first-order valence-corrected chi connectivity index (χ1v) is 9.26. The molecule has 0 saturated carbocycles. The molecule has 2 aromatic heterocycles. The highest BCUT2D eigenvalue weighted by Crippen LogP contribution is 2.18. The topological polar surface area (TPSA) is 44.3 Å². The quantitative estimate of drug-likeness (QED) is 0.825. The van der Waals surface area contributed by atoms with Gasteiger partial charge in [-0.2, -0.15) is 0 Å². The van der Waals surface area contributed by atoms with Crippen molar-refractivity contribution < 1.29 is 4.39 Å². The van der Waals surface area contributed by atoms with E-state index in [4.69, 9.17) is 0 Å². The van der Waals surface area contributed by atoms with Crippen molar-refractivity contribution in [2.45, 2.75) is 25.8 Å². The first-order chi connectivity index (χ1) is 12.5. The van der Waals surface area contributed by atoms with Gasteiger partial charge >= 0.3 is 0 Å². The lowest BCUT2D eigenvalue weighted by molar-refractivity contribution is 0.0594. The van der Waals surface area contributed by atoms with Gasteiger partial charge in [-0.25, -0.2) is 9.37 Å². The Morgan fingerprint density at radius 3 is 2.50 bits per heavy atom. The van der Waals surface area contributed by atoms with Crippen molar-refractivity contribution in [3.8, 4) is 0 Å². The number of aromatic nitrogens is 2. The largest absolute Gasteiger partial charge is 0.368 e. The van der Waals surface area contributed by atoms with Crippen LogP contribution in [0.25, 0.3) is 0 Å². The third-order valence-corrected chi connectivity index (χ3v) is 5.09. The number of anilines is 1. The molecule has 140 valence electrons. The molecule has 1 aliphatic heterocycles. The fourth-order valence-corrected chi connectivity index (χ4v) is 3.33. The summed E-state index contributed by atoms with van der Waals surface area (Å²) in [5.41, 5.74) is 0.617. The van der Waals surface area contributed by atoms with Gasteiger partial charge in [-0.05, 0) is 38.1 Å². The van der Waals surface area contributed by atoms with E-state index in [1.807, 2.05) is 18.2 Å². The minimum atomic E-state index is -0.201. The van der Waals surface area contributed by atoms with Gasteiger partial charge < -0.3 is 10.2 Å². The van der Waals surface area contributed by atoms with Crippen LogP contribution in [0, 0.1) is 5.82 Å². The van der Waals surface area contributed by atoms with Crippen molar-refractivity contribution in [2.75, 3.05) is 44.6 Å². The molecular weight excluding hydrogens is 329 g/mol. The Hall–Kier alpha value is -2.05. The van der Waals surface area contributed by atoms with E-state index in [1.165, 1.54) is 6.07 Å². The Bertz CT molecular complexity index is 684. The number of pyridine rings is 2. The van der Waals surface area contributed by atoms with Gasteiger partial charge in [-0.1, -0.05) is 6.07 Å². The van der Waals surface area contributed by atoms with Gasteiger partial charge in [0.1, 0.15) is 11.6 Å². The molecule has 0 spiro atoms. The molecule has 0 aromatic carbocycles. The van der Waals surface area contributed by atoms with Crippen molar-refractivity contribution >= 4 is 5.82 Å². The second kappa shape index (κ2) is 8.56. The molecule has 0 radical (unpaired) electrons. The lowest BCUT2D eigenvalue weighted by Crippen LogP contribution is -2.57. The number of hydrogen-bond acceptors (Lipinski definition) is 5. The number of nitrogens with zero attached hydrogens (tertiary/aromatic N) is 4. The van der Waals surface area contributed by atoms with E-state index >= 15 is 0 Å². The Morgan fingerprint density at radius 2 is 1.81 bits per heavy atom. The highest BCUT2D eigenvalue weighted by Gasteiger charge is 2.29. The maximum Gasteiger partial charge on any atom is 0.144 e. The minimum Gasteiger partial charge on any atom is -0.368 e. The Balaban J connectivity index is 1.44. The normalized spacial score (nSPS) is 16.6. The maximum absolute atomic E-state index is 13.7. The molecule has 0 bridgehead atoms. The molecule has 3 rings (SSSR count). The Kier molecular flexibility index (Phi) is 6.16. The monoisotopic (exact) mass is 357 g/mol. The lowest BCUT2D eigenvalue weighted by atomic mass is 10.0. The van der Waals surface area contributed by atoms with Crippen LogP contribution in [0.4, 0.5) is 10.2 Å². The number of rotatable bonds is 7. The summed E-state index contributed by atoms with van der Waals surface area (Å²) in [6.45, 7) is 10.3. The molecular formula is C20H28FN5. The lowest BCUT2D eigenvalue weighted by Gasteiger charge is -2.44. The minimum absolute atomic E-state index is 0.0523. The second-order valence-electron chi connectivity index (χ2n) is 7.39. The van der Waals surface area contributed by atoms with Crippen LogP contribution in [-0.2, 0) is 6.42 Å². The summed E-state index contributed by atoms with van der Waals surface area (Å²) in [5.74, 6) is 0.712. The van der Waals surface area contributed by atoms with Gasteiger partial charge in [-0.15, -0.1) is 0 Å². The Labute approximate surface area is 155 Å². The van der Waals surface area contributed by atoms with Crippen molar-refractivity contribution in [2.24, 2.45) is 0 Å². The zero-order valence-corrected chi connectivity index (χ0v) is 15.7. The highest BCUT2D eigenvalue weighted by atomic mass is 19.1. The summed E-state index contributed by atoms with van der Waals surface area (Å²) in [4.78, 5) is 13.4. The fraction of sp³-hybridized carbons (Fsp3) is 0.500. The summed E-state index contributed by atoms with van der Waals surface area (Å²) in [5, 5.41) is 3.43. The van der Waals surface area contributed by atoms with Crippen LogP contribution in [0.2, 0.25) is 0 Å². The van der Waals surface area contributed by atoms with Crippen molar-refractivity contribution in [3.05, 3.63) is 54.2 Å². The molecule has 0 unspecified atom stereocenters. The number of hydrogen-bond donors (Lipinski definition) is 1. The smallest absolute Gasteiger partial charge is 0.144 e. The first kappa shape index (κ1) is 18.7. The molecule has 0 atom stereocenters. The molecule has 0 aliphatic carbocycles. The number of nitrogens with one attached hydrogen (secondary N) is 1. The van der Waals surface area contributed by atoms with E-state index in [2.05, 4.69) is 38.9 Å². The predicted octanol–water partition coefficient (Wildman–Crippen LogP) is 2.67. The summed E-state index contributed by atoms with van der Waals surface area (Å²) in [6.07, 6.45) is 4.13. The van der Waals surface area contributed by atoms with E-state index in [0.717, 1.165) is 45.1 Å². The molecule has 6 heteroatoms. The molecule has 1 aliphatic rings. The van der Waals surface area contributed by atoms with E-state index in [9.17, 15) is 4.39 Å². The van der Waals surface area contributed by atoms with E-state index in [1.54, 1.807) is 18.5 Å². The average molecular weight is 357 g/mol. The first-order valence-electron chi connectivity index (χ1n) is 9.26. The van der Waals surface area contributed by atoms with Gasteiger partial charge in [0.25, 0.3) is 0 Å². The van der Waals surface area contributed by atoms with Crippen LogP contribution >= 0.6 is 0 Å². The average Bonchev–Trinajstić information content (AvgIpc) is 2.67. The van der Waals surface area contributed by atoms with Gasteiger partial charge in [0, 0.05) is 63.6 Å². The van der Waals surface area contributed by atoms with Crippen LogP contribution in [0.15, 0.2) is 42.7 Å². The standard InChI is InChI=1S/C20H28FN5/c1-20(2,16-24-19-7-3-4-9-23-19)26-14-12-25(13-15-26)11-8-18-17(21)6-5-10-22-18/h3-7,9-10H,8,11-16H2,1-2H3,(H,23,24). The van der Waals surface area contributed by atoms with E-state index < -0.39 is 0 Å². The molecule has 1 saturated heterocycles. The maximum atomic E-state index is 13.7. The summed E-state index contributed by atoms with van der Waals surface area (Å²) >= 11 is 0. The van der Waals surface area contributed by atoms with Crippen molar-refractivity contribution in [3.63, 3.8) is 0 Å². The SMILES string of the molecule is CC(C)(CNc1ccccn1)N1CCN(CCc2ncccc2F)CC1. The number of halogens is 1. The van der Waals surface area contributed by atoms with Crippen molar-refractivity contribution in [1.82, 2.24) is 19.8 Å². The van der Waals surface area contributed by atoms with Gasteiger partial charge in [0.05, 0.1) is 5.69 Å². The van der Waals surface area contributed by atoms with Gasteiger partial charge in [-0.3, -0.25) is 9.88 Å². The molecule has 0 amide bonds. The van der Waals surface area contributed by atoms with Crippen molar-refractivity contribution in [1.29, 1.82) is 0 Å².